The third-order valence-electron chi connectivity index (χ3n) is 3.07. The summed E-state index contributed by atoms with van der Waals surface area (Å²) in [6, 6.07) is 7.73. The maximum atomic E-state index is 12.1. The molecule has 1 unspecified atom stereocenters. The van der Waals surface area contributed by atoms with E-state index in [1.165, 1.54) is 11.8 Å². The molecule has 0 aliphatic carbocycles. The van der Waals surface area contributed by atoms with E-state index in [9.17, 15) is 4.79 Å². The molecular formula is C15H19N3O2S. The van der Waals surface area contributed by atoms with E-state index in [4.69, 9.17) is 4.74 Å². The maximum absolute atomic E-state index is 12.1. The molecule has 0 N–H and O–H groups in total. The zero-order chi connectivity index (χ0) is 15.4. The van der Waals surface area contributed by atoms with Crippen molar-refractivity contribution in [1.82, 2.24) is 14.5 Å². The number of ether oxygens (including phenoxy) is 1. The predicted molar refractivity (Wildman–Crippen MR) is 84.7 cm³/mol. The van der Waals surface area contributed by atoms with Gasteiger partial charge in [0.05, 0.1) is 12.4 Å². The van der Waals surface area contributed by atoms with Gasteiger partial charge in [-0.1, -0.05) is 12.1 Å². The van der Waals surface area contributed by atoms with Crippen LogP contribution in [0.5, 0.6) is 5.75 Å². The van der Waals surface area contributed by atoms with Gasteiger partial charge in [-0.2, -0.15) is 0 Å². The molecule has 6 heteroatoms. The number of rotatable bonds is 4. The molecule has 112 valence electrons. The van der Waals surface area contributed by atoms with Gasteiger partial charge in [0, 0.05) is 33.5 Å². The van der Waals surface area contributed by atoms with Crippen LogP contribution in [0.3, 0.4) is 0 Å². The molecule has 0 aliphatic rings. The van der Waals surface area contributed by atoms with E-state index in [1.807, 2.05) is 42.1 Å². The van der Waals surface area contributed by atoms with Crippen molar-refractivity contribution in [3.05, 3.63) is 48.0 Å². The average Bonchev–Trinajstić information content (AvgIpc) is 2.90. The number of methoxy groups -OCH3 is 1. The minimum Gasteiger partial charge on any atom is -0.497 e. The van der Waals surface area contributed by atoms with Gasteiger partial charge in [-0.15, -0.1) is 0 Å². The molecule has 1 atom stereocenters. The summed E-state index contributed by atoms with van der Waals surface area (Å²) in [5.74, 6) is 1.60. The first-order valence-electron chi connectivity index (χ1n) is 6.52. The molecule has 0 radical (unpaired) electrons. The summed E-state index contributed by atoms with van der Waals surface area (Å²) in [7, 11) is 7.05. The van der Waals surface area contributed by atoms with Gasteiger partial charge in [0.15, 0.2) is 0 Å². The Hall–Kier alpha value is -1.95. The monoisotopic (exact) mass is 305 g/mol. The lowest BCUT2D eigenvalue weighted by Gasteiger charge is -2.19. The molecule has 1 aromatic carbocycles. The van der Waals surface area contributed by atoms with E-state index < -0.39 is 0 Å². The lowest BCUT2D eigenvalue weighted by atomic mass is 10.1. The molecule has 1 aromatic heterocycles. The number of aryl methyl sites for hydroxylation is 1. The molecule has 2 aromatic rings. The van der Waals surface area contributed by atoms with Gasteiger partial charge in [-0.05, 0) is 29.5 Å². The Balaban J connectivity index is 2.40. The summed E-state index contributed by atoms with van der Waals surface area (Å²) in [5.41, 5.74) is 0.990. The van der Waals surface area contributed by atoms with E-state index in [0.717, 1.165) is 17.1 Å². The zero-order valence-electron chi connectivity index (χ0n) is 12.6. The molecule has 21 heavy (non-hydrogen) atoms. The van der Waals surface area contributed by atoms with Crippen molar-refractivity contribution in [2.24, 2.45) is 7.05 Å². The minimum absolute atomic E-state index is 0.00850. The van der Waals surface area contributed by atoms with Gasteiger partial charge in [-0.3, -0.25) is 4.79 Å². The van der Waals surface area contributed by atoms with E-state index in [-0.39, 0.29) is 10.5 Å². The predicted octanol–water partition coefficient (Wildman–Crippen LogP) is 2.93. The van der Waals surface area contributed by atoms with Crippen LogP contribution in [0, 0.1) is 0 Å². The second-order valence-corrected chi connectivity index (χ2v) is 5.89. The number of nitrogens with zero attached hydrogens (tertiary/aromatic N) is 3. The van der Waals surface area contributed by atoms with Crippen LogP contribution in [-0.4, -0.2) is 40.9 Å². The molecule has 0 saturated carbocycles. The van der Waals surface area contributed by atoms with Gasteiger partial charge in [-0.25, -0.2) is 4.98 Å². The molecule has 2 rings (SSSR count). The SMILES string of the molecule is COc1cccc(C(SC(=O)N(C)C)c2nccn2C)c1. The number of amides is 1. The fourth-order valence-electron chi connectivity index (χ4n) is 1.91. The number of imidazole rings is 1. The van der Waals surface area contributed by atoms with Crippen LogP contribution in [0.1, 0.15) is 16.6 Å². The number of hydrogen-bond donors (Lipinski definition) is 0. The van der Waals surface area contributed by atoms with Gasteiger partial charge in [0.1, 0.15) is 11.6 Å². The Morgan fingerprint density at radius 3 is 2.76 bits per heavy atom. The topological polar surface area (TPSA) is 47.4 Å². The van der Waals surface area contributed by atoms with Crippen LogP contribution < -0.4 is 4.74 Å². The number of carbonyl (C=O) groups is 1. The highest BCUT2D eigenvalue weighted by atomic mass is 32.2. The lowest BCUT2D eigenvalue weighted by Crippen LogP contribution is -2.19. The summed E-state index contributed by atoms with van der Waals surface area (Å²) in [4.78, 5) is 18.1. The van der Waals surface area contributed by atoms with E-state index in [2.05, 4.69) is 4.98 Å². The first kappa shape index (κ1) is 15.4. The third-order valence-corrected chi connectivity index (χ3v) is 4.36. The Kier molecular flexibility index (Phi) is 4.90. The highest BCUT2D eigenvalue weighted by Crippen LogP contribution is 2.36. The number of benzene rings is 1. The van der Waals surface area contributed by atoms with Crippen molar-refractivity contribution < 1.29 is 9.53 Å². The smallest absolute Gasteiger partial charge is 0.282 e. The molecule has 1 amide bonds. The van der Waals surface area contributed by atoms with Gasteiger partial charge in [0.25, 0.3) is 5.24 Å². The normalized spacial score (nSPS) is 12.0. The quantitative estimate of drug-likeness (QED) is 0.871. The summed E-state index contributed by atoms with van der Waals surface area (Å²) in [6.45, 7) is 0. The second kappa shape index (κ2) is 6.67. The van der Waals surface area contributed by atoms with Crippen molar-refractivity contribution in [2.45, 2.75) is 5.25 Å². The minimum atomic E-state index is -0.171. The Morgan fingerprint density at radius 1 is 1.43 bits per heavy atom. The number of aromatic nitrogens is 2. The van der Waals surface area contributed by atoms with Gasteiger partial charge < -0.3 is 14.2 Å². The molecule has 0 fully saturated rings. The Labute approximate surface area is 128 Å². The van der Waals surface area contributed by atoms with Crippen LogP contribution in [0.15, 0.2) is 36.7 Å². The summed E-state index contributed by atoms with van der Waals surface area (Å²) >= 11 is 1.25. The Bertz CT molecular complexity index is 625. The van der Waals surface area contributed by atoms with Crippen molar-refractivity contribution >= 4 is 17.0 Å². The lowest BCUT2D eigenvalue weighted by molar-refractivity contribution is 0.241. The fraction of sp³-hybridized carbons (Fsp3) is 0.333. The molecule has 1 heterocycles. The first-order valence-corrected chi connectivity index (χ1v) is 7.40. The molecule has 5 nitrogen and oxygen atoms in total. The van der Waals surface area contributed by atoms with Crippen molar-refractivity contribution in [2.75, 3.05) is 21.2 Å². The van der Waals surface area contributed by atoms with Crippen LogP contribution in [-0.2, 0) is 7.05 Å². The van der Waals surface area contributed by atoms with Crippen molar-refractivity contribution in [3.63, 3.8) is 0 Å². The van der Waals surface area contributed by atoms with Gasteiger partial charge >= 0.3 is 0 Å². The summed E-state index contributed by atoms with van der Waals surface area (Å²) < 4.78 is 7.20. The maximum Gasteiger partial charge on any atom is 0.282 e. The third kappa shape index (κ3) is 3.58. The van der Waals surface area contributed by atoms with Crippen molar-refractivity contribution in [1.29, 1.82) is 0 Å². The summed E-state index contributed by atoms with van der Waals surface area (Å²) in [5, 5.41) is -0.180. The zero-order valence-corrected chi connectivity index (χ0v) is 13.4. The number of thioether (sulfide) groups is 1. The van der Waals surface area contributed by atoms with Crippen LogP contribution in [0.2, 0.25) is 0 Å². The van der Waals surface area contributed by atoms with Crippen LogP contribution in [0.4, 0.5) is 4.79 Å². The molecular weight excluding hydrogens is 286 g/mol. The highest BCUT2D eigenvalue weighted by molar-refractivity contribution is 8.13. The molecule has 0 spiro atoms. The fourth-order valence-corrected chi connectivity index (χ4v) is 2.94. The van der Waals surface area contributed by atoms with Gasteiger partial charge in [0.2, 0.25) is 0 Å². The van der Waals surface area contributed by atoms with E-state index >= 15 is 0 Å². The number of carbonyl (C=O) groups excluding carboxylic acids is 1. The van der Waals surface area contributed by atoms with Crippen LogP contribution in [0.25, 0.3) is 0 Å². The number of hydrogen-bond acceptors (Lipinski definition) is 4. The van der Waals surface area contributed by atoms with Crippen molar-refractivity contribution in [3.8, 4) is 5.75 Å². The van der Waals surface area contributed by atoms with Crippen LogP contribution >= 0.6 is 11.8 Å². The molecule has 0 bridgehead atoms. The van der Waals surface area contributed by atoms with E-state index in [1.54, 1.807) is 32.3 Å². The van der Waals surface area contributed by atoms with E-state index in [0.29, 0.717) is 0 Å². The standard InChI is InChI=1S/C15H19N3O2S/c1-17(2)15(19)21-13(14-16-8-9-18(14)3)11-6-5-7-12(10-11)20-4/h5-10,13H,1-4H3. The second-order valence-electron chi connectivity index (χ2n) is 4.83. The largest absolute Gasteiger partial charge is 0.497 e. The highest BCUT2D eigenvalue weighted by Gasteiger charge is 2.24. The molecule has 0 aliphatic heterocycles. The average molecular weight is 305 g/mol. The Morgan fingerprint density at radius 2 is 2.19 bits per heavy atom. The summed E-state index contributed by atoms with van der Waals surface area (Å²) in [6.07, 6.45) is 3.62. The first-order chi connectivity index (χ1) is 10.0. The molecule has 0 saturated heterocycles.